The maximum atomic E-state index is 9.63. The predicted molar refractivity (Wildman–Crippen MR) is 50.4 cm³/mol. The minimum Gasteiger partial charge on any atom is -0.388 e. The van der Waals surface area contributed by atoms with Crippen molar-refractivity contribution in [3.63, 3.8) is 0 Å². The van der Waals surface area contributed by atoms with Gasteiger partial charge in [-0.1, -0.05) is 18.2 Å². The highest BCUT2D eigenvalue weighted by atomic mass is 16.5. The molecule has 0 bridgehead atoms. The Kier molecular flexibility index (Phi) is 2.34. The normalized spacial score (nSPS) is 20.3. The smallest absolute Gasteiger partial charge is 0.0796 e. The Morgan fingerprint density at radius 3 is 3.15 bits per heavy atom. The van der Waals surface area contributed by atoms with Gasteiger partial charge in [-0.15, -0.1) is 0 Å². The summed E-state index contributed by atoms with van der Waals surface area (Å²) >= 11 is 0. The summed E-state index contributed by atoms with van der Waals surface area (Å²) in [7, 11) is 1.70. The predicted octanol–water partition coefficient (Wildman–Crippen LogP) is 1.81. The first-order chi connectivity index (χ1) is 6.33. The van der Waals surface area contributed by atoms with Crippen LogP contribution in [0.2, 0.25) is 0 Å². The van der Waals surface area contributed by atoms with Crippen molar-refractivity contribution in [3.05, 3.63) is 34.9 Å². The van der Waals surface area contributed by atoms with Gasteiger partial charge >= 0.3 is 0 Å². The summed E-state index contributed by atoms with van der Waals surface area (Å²) in [6, 6.07) is 6.06. The zero-order valence-corrected chi connectivity index (χ0v) is 7.79. The van der Waals surface area contributed by atoms with E-state index in [2.05, 4.69) is 6.07 Å². The van der Waals surface area contributed by atoms with Crippen LogP contribution in [0.3, 0.4) is 0 Å². The van der Waals surface area contributed by atoms with Crippen LogP contribution in [0.1, 0.15) is 29.2 Å². The number of aliphatic hydroxyl groups excluding tert-OH is 1. The molecule has 2 nitrogen and oxygen atoms in total. The molecule has 1 N–H and O–H groups in total. The van der Waals surface area contributed by atoms with Gasteiger partial charge in [0.2, 0.25) is 0 Å². The highest BCUT2D eigenvalue weighted by Crippen LogP contribution is 2.33. The summed E-state index contributed by atoms with van der Waals surface area (Å²) in [6.07, 6.45) is 1.58. The maximum Gasteiger partial charge on any atom is 0.0796 e. The molecule has 70 valence electrons. The van der Waals surface area contributed by atoms with E-state index in [0.29, 0.717) is 6.61 Å². The van der Waals surface area contributed by atoms with Gasteiger partial charge in [0.15, 0.2) is 0 Å². The lowest BCUT2D eigenvalue weighted by Crippen LogP contribution is -1.95. The molecule has 2 rings (SSSR count). The van der Waals surface area contributed by atoms with E-state index in [1.165, 1.54) is 11.1 Å². The van der Waals surface area contributed by atoms with Crippen molar-refractivity contribution in [2.24, 2.45) is 0 Å². The van der Waals surface area contributed by atoms with Crippen molar-refractivity contribution < 1.29 is 9.84 Å². The third kappa shape index (κ3) is 1.47. The minimum atomic E-state index is -0.258. The summed E-state index contributed by atoms with van der Waals surface area (Å²) < 4.78 is 5.11. The van der Waals surface area contributed by atoms with Crippen LogP contribution in [-0.2, 0) is 17.8 Å². The van der Waals surface area contributed by atoms with Crippen LogP contribution in [0.5, 0.6) is 0 Å². The number of hydrogen-bond donors (Lipinski definition) is 1. The molecule has 1 unspecified atom stereocenters. The fourth-order valence-corrected chi connectivity index (χ4v) is 2.00. The minimum absolute atomic E-state index is 0.258. The molecule has 1 aromatic carbocycles. The number of aliphatic hydroxyl groups is 1. The van der Waals surface area contributed by atoms with E-state index in [9.17, 15) is 5.11 Å². The van der Waals surface area contributed by atoms with Crippen LogP contribution in [0, 0.1) is 0 Å². The van der Waals surface area contributed by atoms with Gasteiger partial charge in [0.1, 0.15) is 0 Å². The Morgan fingerprint density at radius 2 is 2.38 bits per heavy atom. The Morgan fingerprint density at radius 1 is 1.54 bits per heavy atom. The molecular weight excluding hydrogens is 164 g/mol. The molecule has 2 heteroatoms. The van der Waals surface area contributed by atoms with Crippen LogP contribution in [0.4, 0.5) is 0 Å². The first-order valence-corrected chi connectivity index (χ1v) is 4.60. The van der Waals surface area contributed by atoms with Crippen LogP contribution < -0.4 is 0 Å². The first-order valence-electron chi connectivity index (χ1n) is 4.60. The van der Waals surface area contributed by atoms with E-state index in [4.69, 9.17) is 4.74 Å². The Balaban J connectivity index is 2.38. The third-order valence-corrected chi connectivity index (χ3v) is 2.64. The SMILES string of the molecule is COCc1cccc2c1CCC2O. The second-order valence-corrected chi connectivity index (χ2v) is 3.47. The van der Waals surface area contributed by atoms with Crippen molar-refractivity contribution >= 4 is 0 Å². The molecule has 1 aliphatic carbocycles. The van der Waals surface area contributed by atoms with E-state index in [1.807, 2.05) is 12.1 Å². The highest BCUT2D eigenvalue weighted by Gasteiger charge is 2.21. The standard InChI is InChI=1S/C11H14O2/c1-13-7-8-3-2-4-10-9(8)5-6-11(10)12/h2-4,11-12H,5-7H2,1H3. The van der Waals surface area contributed by atoms with Gasteiger partial charge in [0.25, 0.3) is 0 Å². The molecule has 1 aliphatic rings. The molecule has 0 spiro atoms. The number of ether oxygens (including phenoxy) is 1. The van der Waals surface area contributed by atoms with Gasteiger partial charge in [-0.25, -0.2) is 0 Å². The Hall–Kier alpha value is -0.860. The van der Waals surface area contributed by atoms with Crippen molar-refractivity contribution in [3.8, 4) is 0 Å². The van der Waals surface area contributed by atoms with Gasteiger partial charge in [-0.2, -0.15) is 0 Å². The van der Waals surface area contributed by atoms with Gasteiger partial charge < -0.3 is 9.84 Å². The lowest BCUT2D eigenvalue weighted by molar-refractivity contribution is 0.180. The van der Waals surface area contributed by atoms with Crippen LogP contribution in [0.25, 0.3) is 0 Å². The largest absolute Gasteiger partial charge is 0.388 e. The quantitative estimate of drug-likeness (QED) is 0.748. The summed E-state index contributed by atoms with van der Waals surface area (Å²) in [5, 5.41) is 9.63. The topological polar surface area (TPSA) is 29.5 Å². The molecular formula is C11H14O2. The van der Waals surface area contributed by atoms with E-state index in [1.54, 1.807) is 7.11 Å². The van der Waals surface area contributed by atoms with E-state index < -0.39 is 0 Å². The number of rotatable bonds is 2. The van der Waals surface area contributed by atoms with Gasteiger partial charge in [-0.3, -0.25) is 0 Å². The average molecular weight is 178 g/mol. The molecule has 0 saturated carbocycles. The van der Waals surface area contributed by atoms with Crippen molar-refractivity contribution in [2.75, 3.05) is 7.11 Å². The monoisotopic (exact) mass is 178 g/mol. The van der Waals surface area contributed by atoms with Crippen molar-refractivity contribution in [2.45, 2.75) is 25.6 Å². The molecule has 1 aromatic rings. The molecule has 13 heavy (non-hydrogen) atoms. The van der Waals surface area contributed by atoms with E-state index in [0.717, 1.165) is 18.4 Å². The van der Waals surface area contributed by atoms with Gasteiger partial charge in [-0.05, 0) is 29.5 Å². The highest BCUT2D eigenvalue weighted by molar-refractivity contribution is 5.39. The molecule has 0 radical (unpaired) electrons. The van der Waals surface area contributed by atoms with Gasteiger partial charge in [0, 0.05) is 7.11 Å². The molecule has 0 aromatic heterocycles. The molecule has 0 aliphatic heterocycles. The molecule has 0 heterocycles. The fraction of sp³-hybridized carbons (Fsp3) is 0.455. The third-order valence-electron chi connectivity index (χ3n) is 2.64. The second kappa shape index (κ2) is 3.48. The van der Waals surface area contributed by atoms with E-state index in [-0.39, 0.29) is 6.10 Å². The van der Waals surface area contributed by atoms with E-state index >= 15 is 0 Å². The average Bonchev–Trinajstić information content (AvgIpc) is 2.50. The molecule has 0 amide bonds. The lowest BCUT2D eigenvalue weighted by Gasteiger charge is -2.07. The zero-order chi connectivity index (χ0) is 9.26. The van der Waals surface area contributed by atoms with Crippen LogP contribution in [0.15, 0.2) is 18.2 Å². The number of methoxy groups -OCH3 is 1. The fourth-order valence-electron chi connectivity index (χ4n) is 2.00. The molecule has 0 fully saturated rings. The summed E-state index contributed by atoms with van der Waals surface area (Å²) in [4.78, 5) is 0. The van der Waals surface area contributed by atoms with Gasteiger partial charge in [0.05, 0.1) is 12.7 Å². The lowest BCUT2D eigenvalue weighted by atomic mass is 10.0. The molecule has 0 saturated heterocycles. The summed E-state index contributed by atoms with van der Waals surface area (Å²) in [6.45, 7) is 0.649. The Labute approximate surface area is 78.2 Å². The number of fused-ring (bicyclic) bond motifs is 1. The summed E-state index contributed by atoms with van der Waals surface area (Å²) in [5.41, 5.74) is 3.60. The zero-order valence-electron chi connectivity index (χ0n) is 7.79. The van der Waals surface area contributed by atoms with Crippen molar-refractivity contribution in [1.82, 2.24) is 0 Å². The Bertz CT molecular complexity index is 307. The first kappa shape index (κ1) is 8.73. The van der Waals surface area contributed by atoms with Crippen LogP contribution >= 0.6 is 0 Å². The maximum absolute atomic E-state index is 9.63. The van der Waals surface area contributed by atoms with Crippen molar-refractivity contribution in [1.29, 1.82) is 0 Å². The van der Waals surface area contributed by atoms with Crippen LogP contribution in [-0.4, -0.2) is 12.2 Å². The molecule has 1 atom stereocenters. The number of benzene rings is 1. The second-order valence-electron chi connectivity index (χ2n) is 3.47. The number of hydrogen-bond acceptors (Lipinski definition) is 2. The summed E-state index contributed by atoms with van der Waals surface area (Å²) in [5.74, 6) is 0.